The quantitative estimate of drug-likeness (QED) is 0.326. The highest BCUT2D eigenvalue weighted by Gasteiger charge is 2.18. The summed E-state index contributed by atoms with van der Waals surface area (Å²) in [5.41, 5.74) is 3.48. The summed E-state index contributed by atoms with van der Waals surface area (Å²) < 4.78 is 7.03. The van der Waals surface area contributed by atoms with Crippen molar-refractivity contribution in [1.82, 2.24) is 4.57 Å². The molecule has 35 heavy (non-hydrogen) atoms. The number of aryl methyl sites for hydroxylation is 1. The van der Waals surface area contributed by atoms with E-state index in [9.17, 15) is 9.59 Å². The Morgan fingerprint density at radius 2 is 1.71 bits per heavy atom. The molecule has 0 bridgehead atoms. The lowest BCUT2D eigenvalue weighted by Crippen LogP contribution is -2.26. The lowest BCUT2D eigenvalue weighted by molar-refractivity contribution is 0.00695. The second kappa shape index (κ2) is 11.3. The highest BCUT2D eigenvalue weighted by Crippen LogP contribution is 2.23. The van der Waals surface area contributed by atoms with Gasteiger partial charge in [-0.25, -0.2) is 4.79 Å². The zero-order valence-electron chi connectivity index (χ0n) is 20.8. The molecule has 0 unspecified atom stereocenters. The number of ether oxygens (including phenoxy) is 1. The summed E-state index contributed by atoms with van der Waals surface area (Å²) in [6.07, 6.45) is 0.570. The van der Waals surface area contributed by atoms with Crippen LogP contribution in [-0.4, -0.2) is 16.1 Å². The monoisotopic (exact) mass is 514 g/mol. The summed E-state index contributed by atoms with van der Waals surface area (Å²) in [5.74, 6) is 0.0487. The van der Waals surface area contributed by atoms with E-state index in [0.717, 1.165) is 11.3 Å². The zero-order chi connectivity index (χ0) is 25.8. The van der Waals surface area contributed by atoms with Crippen molar-refractivity contribution in [2.45, 2.75) is 65.6 Å². The molecule has 0 atom stereocenters. The van der Waals surface area contributed by atoms with E-state index in [1.807, 2.05) is 45.0 Å². The highest BCUT2D eigenvalue weighted by molar-refractivity contribution is 6.34. The molecule has 3 rings (SSSR count). The predicted octanol–water partition coefficient (Wildman–Crippen LogP) is 7.09. The molecular formula is C28H32Cl2N2O3. The molecule has 1 N–H and O–H groups in total. The molecule has 2 aromatic carbocycles. The lowest BCUT2D eigenvalue weighted by Gasteiger charge is -2.19. The average Bonchev–Trinajstić information content (AvgIpc) is 2.79. The third kappa shape index (κ3) is 7.36. The number of nitrogens with one attached hydrogen (secondary N) is 1. The number of aromatic nitrogens is 1. The molecule has 0 aliphatic carbocycles. The van der Waals surface area contributed by atoms with E-state index in [0.29, 0.717) is 41.7 Å². The maximum Gasteiger partial charge on any atom is 0.338 e. The van der Waals surface area contributed by atoms with Crippen LogP contribution in [0.15, 0.2) is 59.4 Å². The third-order valence-corrected chi connectivity index (χ3v) is 6.13. The van der Waals surface area contributed by atoms with Crippen molar-refractivity contribution >= 4 is 34.9 Å². The van der Waals surface area contributed by atoms with Crippen LogP contribution in [0.3, 0.4) is 0 Å². The molecule has 5 nitrogen and oxygen atoms in total. The van der Waals surface area contributed by atoms with Crippen molar-refractivity contribution in [3.8, 4) is 0 Å². The first-order chi connectivity index (χ1) is 16.4. The molecular weight excluding hydrogens is 483 g/mol. The van der Waals surface area contributed by atoms with Crippen LogP contribution in [0.1, 0.15) is 67.7 Å². The van der Waals surface area contributed by atoms with Gasteiger partial charge in [0, 0.05) is 12.2 Å². The summed E-state index contributed by atoms with van der Waals surface area (Å²) in [5, 5.41) is 3.90. The van der Waals surface area contributed by atoms with Crippen molar-refractivity contribution in [3.05, 3.63) is 97.4 Å². The topological polar surface area (TPSA) is 60.3 Å². The highest BCUT2D eigenvalue weighted by atomic mass is 35.5. The summed E-state index contributed by atoms with van der Waals surface area (Å²) in [6, 6.07) is 16.9. The van der Waals surface area contributed by atoms with Crippen LogP contribution in [-0.2, 0) is 24.2 Å². The number of nitrogens with zero attached hydrogens (tertiary/aromatic N) is 1. The number of rotatable bonds is 8. The number of carbonyl (C=O) groups is 1. The Labute approximate surface area is 217 Å². The van der Waals surface area contributed by atoms with Gasteiger partial charge in [0.15, 0.2) is 0 Å². The summed E-state index contributed by atoms with van der Waals surface area (Å²) in [7, 11) is 0. The van der Waals surface area contributed by atoms with Crippen LogP contribution in [0.2, 0.25) is 10.0 Å². The number of hydrogen-bond donors (Lipinski definition) is 1. The SMILES string of the molecule is CC(C)c1cccc(NCc2c(Cl)cc(Cl)c(=O)n2CCc2ccc(C(=O)OC(C)(C)C)cc2)c1. The largest absolute Gasteiger partial charge is 0.456 e. The molecule has 0 saturated carbocycles. The molecule has 0 radical (unpaired) electrons. The van der Waals surface area contributed by atoms with Gasteiger partial charge in [0.1, 0.15) is 10.6 Å². The number of benzene rings is 2. The van der Waals surface area contributed by atoms with E-state index in [-0.39, 0.29) is 16.6 Å². The standard InChI is InChI=1S/C28H32Cl2N2O3/c1-18(2)21-7-6-8-22(15-21)31-17-25-23(29)16-24(30)26(33)32(25)14-13-19-9-11-20(12-10-19)27(34)35-28(3,4)5/h6-12,15-16,18,31H,13-14,17H2,1-5H3. The van der Waals surface area contributed by atoms with Gasteiger partial charge in [0.2, 0.25) is 0 Å². The molecule has 0 amide bonds. The Morgan fingerprint density at radius 3 is 2.34 bits per heavy atom. The third-order valence-electron chi connectivity index (χ3n) is 5.53. The second-order valence-electron chi connectivity index (χ2n) is 9.83. The van der Waals surface area contributed by atoms with Crippen molar-refractivity contribution in [1.29, 1.82) is 0 Å². The van der Waals surface area contributed by atoms with Gasteiger partial charge in [-0.2, -0.15) is 0 Å². The fraction of sp³-hybridized carbons (Fsp3) is 0.357. The Kier molecular flexibility index (Phi) is 8.68. The minimum Gasteiger partial charge on any atom is -0.456 e. The molecule has 1 heterocycles. The molecule has 0 fully saturated rings. The molecule has 1 aromatic heterocycles. The van der Waals surface area contributed by atoms with Crippen molar-refractivity contribution in [2.24, 2.45) is 0 Å². The average molecular weight is 515 g/mol. The Balaban J connectivity index is 1.76. The van der Waals surface area contributed by atoms with Gasteiger partial charge >= 0.3 is 5.97 Å². The second-order valence-corrected chi connectivity index (χ2v) is 10.6. The number of carbonyl (C=O) groups excluding carboxylic acids is 1. The Bertz CT molecular complexity index is 1240. The number of hydrogen-bond acceptors (Lipinski definition) is 4. The van der Waals surface area contributed by atoms with E-state index < -0.39 is 5.60 Å². The molecule has 0 aliphatic heterocycles. The van der Waals surface area contributed by atoms with E-state index in [1.54, 1.807) is 16.7 Å². The van der Waals surface area contributed by atoms with Gasteiger partial charge in [-0.05, 0) is 74.6 Å². The minimum atomic E-state index is -0.552. The van der Waals surface area contributed by atoms with Crippen molar-refractivity contribution < 1.29 is 9.53 Å². The molecule has 0 spiro atoms. The minimum absolute atomic E-state index is 0.0841. The summed E-state index contributed by atoms with van der Waals surface area (Å²) in [6.45, 7) is 10.6. The van der Waals surface area contributed by atoms with Gasteiger partial charge < -0.3 is 14.6 Å². The first-order valence-electron chi connectivity index (χ1n) is 11.7. The van der Waals surface area contributed by atoms with Crippen LogP contribution in [0.4, 0.5) is 5.69 Å². The maximum atomic E-state index is 12.9. The van der Waals surface area contributed by atoms with Gasteiger partial charge in [0.05, 0.1) is 22.8 Å². The van der Waals surface area contributed by atoms with Gasteiger partial charge in [-0.15, -0.1) is 0 Å². The smallest absolute Gasteiger partial charge is 0.338 e. The van der Waals surface area contributed by atoms with Crippen LogP contribution in [0.25, 0.3) is 0 Å². The normalized spacial score (nSPS) is 11.5. The summed E-state index contributed by atoms with van der Waals surface area (Å²) >= 11 is 12.7. The molecule has 7 heteroatoms. The number of anilines is 1. The van der Waals surface area contributed by atoms with Crippen molar-refractivity contribution in [3.63, 3.8) is 0 Å². The first-order valence-corrected chi connectivity index (χ1v) is 12.4. The fourth-order valence-corrected chi connectivity index (χ4v) is 4.18. The van der Waals surface area contributed by atoms with Gasteiger partial charge in [-0.1, -0.05) is 61.3 Å². The van der Waals surface area contributed by atoms with E-state index >= 15 is 0 Å². The molecule has 3 aromatic rings. The number of esters is 1. The maximum absolute atomic E-state index is 12.9. The molecule has 186 valence electrons. The summed E-state index contributed by atoms with van der Waals surface area (Å²) in [4.78, 5) is 25.1. The molecule has 0 aliphatic rings. The van der Waals surface area contributed by atoms with E-state index in [2.05, 4.69) is 31.3 Å². The van der Waals surface area contributed by atoms with Crippen LogP contribution in [0.5, 0.6) is 0 Å². The van der Waals surface area contributed by atoms with E-state index in [1.165, 1.54) is 11.6 Å². The van der Waals surface area contributed by atoms with E-state index in [4.69, 9.17) is 27.9 Å². The Hall–Kier alpha value is -2.76. The van der Waals surface area contributed by atoms with Crippen molar-refractivity contribution in [2.75, 3.05) is 5.32 Å². The Morgan fingerprint density at radius 1 is 1.03 bits per heavy atom. The first kappa shape index (κ1) is 26.8. The van der Waals surface area contributed by atoms with Gasteiger partial charge in [-0.3, -0.25) is 4.79 Å². The van der Waals surface area contributed by atoms with Gasteiger partial charge in [0.25, 0.3) is 5.56 Å². The fourth-order valence-electron chi connectivity index (χ4n) is 3.63. The number of halogens is 2. The lowest BCUT2D eigenvalue weighted by atomic mass is 10.0. The van der Waals surface area contributed by atoms with Crippen LogP contribution < -0.4 is 10.9 Å². The predicted molar refractivity (Wildman–Crippen MR) is 144 cm³/mol. The van der Waals surface area contributed by atoms with Crippen LogP contribution in [0, 0.1) is 0 Å². The van der Waals surface area contributed by atoms with Crippen LogP contribution >= 0.6 is 23.2 Å². The number of pyridine rings is 1. The zero-order valence-corrected chi connectivity index (χ0v) is 22.3. The molecule has 0 saturated heterocycles.